The van der Waals surface area contributed by atoms with Crippen LogP contribution < -0.4 is 0 Å². The summed E-state index contributed by atoms with van der Waals surface area (Å²) in [6, 6.07) is 108. The molecule has 11 aromatic carbocycles. The van der Waals surface area contributed by atoms with Crippen LogP contribution in [0.5, 0.6) is 0 Å². The molecule has 0 aliphatic rings. The fourth-order valence-electron chi connectivity index (χ4n) is 11.9. The summed E-state index contributed by atoms with van der Waals surface area (Å²) in [5.74, 6) is 0. The monoisotopic (exact) mass is 1090 g/mol. The van der Waals surface area contributed by atoms with Crippen LogP contribution >= 0.6 is 0 Å². The number of benzene rings is 11. The molecule has 0 spiro atoms. The zero-order valence-electron chi connectivity index (χ0n) is 49.5. The molecule has 3 heterocycles. The number of rotatable bonds is 13. The SMILES string of the molecule is [2H]C([2H])([2H])c1cc(-c2ccc(-c3ccccc3-c3cc(-c4ccccc4-c4ccc(-c5ccccn5)cc4-c4ccccc4)cc(-c4ccccc4-c4ccc(-c5ccccn5)cc4-c4ccccc4)c3)c(-c3ccccc3)c2)ncc1-c1ccccc1. The van der Waals surface area contributed by atoms with E-state index < -0.39 is 6.85 Å². The van der Waals surface area contributed by atoms with Crippen LogP contribution in [0, 0.1) is 6.85 Å². The Morgan fingerprint density at radius 2 is 0.506 bits per heavy atom. The topological polar surface area (TPSA) is 38.7 Å². The summed E-state index contributed by atoms with van der Waals surface area (Å²) in [7, 11) is 0. The first-order valence-corrected chi connectivity index (χ1v) is 28.7. The lowest BCUT2D eigenvalue weighted by molar-refractivity contribution is 1.29. The van der Waals surface area contributed by atoms with Gasteiger partial charge in [0.15, 0.2) is 0 Å². The van der Waals surface area contributed by atoms with Gasteiger partial charge in [-0.2, -0.15) is 0 Å². The Morgan fingerprint density at radius 1 is 0.200 bits per heavy atom. The Labute approximate surface area is 501 Å². The third-order valence-electron chi connectivity index (χ3n) is 16.0. The maximum absolute atomic E-state index is 8.67. The van der Waals surface area contributed by atoms with E-state index in [0.29, 0.717) is 11.3 Å². The molecule has 0 bridgehead atoms. The summed E-state index contributed by atoms with van der Waals surface area (Å²) >= 11 is 0. The maximum Gasteiger partial charge on any atom is 0.0705 e. The van der Waals surface area contributed by atoms with Crippen molar-refractivity contribution >= 4 is 0 Å². The van der Waals surface area contributed by atoms with Crippen molar-refractivity contribution in [3.63, 3.8) is 0 Å². The minimum Gasteiger partial charge on any atom is -0.256 e. The molecular weight excluding hydrogens is 1030 g/mol. The van der Waals surface area contributed by atoms with Crippen molar-refractivity contribution in [2.45, 2.75) is 6.85 Å². The normalized spacial score (nSPS) is 11.8. The molecule has 85 heavy (non-hydrogen) atoms. The highest BCUT2D eigenvalue weighted by Gasteiger charge is 2.22. The molecule has 14 aromatic rings. The highest BCUT2D eigenvalue weighted by molar-refractivity contribution is 6.00. The molecular formula is C82H57N3. The van der Waals surface area contributed by atoms with Crippen LogP contribution in [0.1, 0.15) is 9.68 Å². The van der Waals surface area contributed by atoms with Gasteiger partial charge >= 0.3 is 0 Å². The van der Waals surface area contributed by atoms with E-state index in [4.69, 9.17) is 19.1 Å². The van der Waals surface area contributed by atoms with Crippen LogP contribution in [0.3, 0.4) is 0 Å². The van der Waals surface area contributed by atoms with Crippen molar-refractivity contribution in [3.05, 3.63) is 334 Å². The molecule has 0 aliphatic heterocycles. The molecule has 0 atom stereocenters. The van der Waals surface area contributed by atoms with Gasteiger partial charge in [0.1, 0.15) is 0 Å². The van der Waals surface area contributed by atoms with Gasteiger partial charge in [0.05, 0.1) is 17.1 Å². The van der Waals surface area contributed by atoms with E-state index in [2.05, 4.69) is 243 Å². The minimum absolute atomic E-state index is 0.258. The van der Waals surface area contributed by atoms with E-state index in [-0.39, 0.29) is 5.56 Å². The van der Waals surface area contributed by atoms with Gasteiger partial charge < -0.3 is 0 Å². The van der Waals surface area contributed by atoms with Crippen LogP contribution in [-0.2, 0) is 0 Å². The van der Waals surface area contributed by atoms with E-state index in [1.54, 1.807) is 12.3 Å². The Morgan fingerprint density at radius 3 is 0.847 bits per heavy atom. The molecule has 3 aromatic heterocycles. The number of aryl methyl sites for hydroxylation is 1. The fourth-order valence-corrected chi connectivity index (χ4v) is 11.9. The average Bonchev–Trinajstić information content (AvgIpc) is 2.45. The molecule has 0 saturated heterocycles. The molecule has 3 heteroatoms. The predicted octanol–water partition coefficient (Wildman–Crippen LogP) is 21.9. The lowest BCUT2D eigenvalue weighted by Gasteiger charge is -2.21. The van der Waals surface area contributed by atoms with Crippen molar-refractivity contribution in [3.8, 4) is 145 Å². The molecule has 14 rings (SSSR count). The molecule has 0 aliphatic carbocycles. The van der Waals surface area contributed by atoms with E-state index in [1.807, 2.05) is 73.1 Å². The molecule has 0 radical (unpaired) electrons. The number of aromatic nitrogens is 3. The lowest BCUT2D eigenvalue weighted by Crippen LogP contribution is -1.95. The smallest absolute Gasteiger partial charge is 0.0705 e. The van der Waals surface area contributed by atoms with Crippen molar-refractivity contribution < 1.29 is 4.11 Å². The third kappa shape index (κ3) is 10.6. The van der Waals surface area contributed by atoms with Crippen molar-refractivity contribution in [1.82, 2.24) is 15.0 Å². The standard InChI is InChI=1S/C82H57N3/c1-56-48-82(85-55-79(56)60-30-12-5-13-31-60)63-42-45-75(78(54-63)59-28-10-4-11-29-59)72-37-19-16-34-69(72)66-50-64(67-32-14-17-35-70(67)73-43-40-61(80-38-20-22-46-83-80)52-76(73)57-24-6-2-7-25-57)49-65(51-66)68-33-15-18-36-71(68)74-44-41-62(81-39-21-23-47-84-81)53-77(74)58-26-8-3-9-27-58/h2-55H,1H3/i1D3. The van der Waals surface area contributed by atoms with Crippen LogP contribution in [0.15, 0.2) is 328 Å². The molecule has 0 N–H and O–H groups in total. The van der Waals surface area contributed by atoms with E-state index >= 15 is 0 Å². The number of hydrogen-bond donors (Lipinski definition) is 0. The highest BCUT2D eigenvalue weighted by atomic mass is 14.7. The van der Waals surface area contributed by atoms with E-state index in [9.17, 15) is 0 Å². The van der Waals surface area contributed by atoms with Crippen molar-refractivity contribution in [1.29, 1.82) is 0 Å². The zero-order chi connectivity index (χ0) is 59.4. The second kappa shape index (κ2) is 23.4. The van der Waals surface area contributed by atoms with E-state index in [0.717, 1.165) is 134 Å². The first-order valence-electron chi connectivity index (χ1n) is 30.2. The van der Waals surface area contributed by atoms with Crippen LogP contribution in [0.25, 0.3) is 145 Å². The van der Waals surface area contributed by atoms with Gasteiger partial charge in [0.25, 0.3) is 0 Å². The highest BCUT2D eigenvalue weighted by Crippen LogP contribution is 2.47. The fraction of sp³-hybridized carbons (Fsp3) is 0.0122. The Balaban J connectivity index is 0.984. The van der Waals surface area contributed by atoms with Gasteiger partial charge in [-0.3, -0.25) is 15.0 Å². The summed E-state index contributed by atoms with van der Waals surface area (Å²) in [5.41, 5.74) is 26.3. The summed E-state index contributed by atoms with van der Waals surface area (Å²) in [6.07, 6.45) is 5.40. The minimum atomic E-state index is -2.37. The number of nitrogens with zero attached hydrogens (tertiary/aromatic N) is 3. The third-order valence-corrected chi connectivity index (χ3v) is 16.0. The quantitative estimate of drug-likeness (QED) is 0.115. The summed E-state index contributed by atoms with van der Waals surface area (Å²) < 4.78 is 26.0. The van der Waals surface area contributed by atoms with E-state index in [1.165, 1.54) is 0 Å². The van der Waals surface area contributed by atoms with Crippen LogP contribution in [-0.4, -0.2) is 15.0 Å². The molecule has 400 valence electrons. The van der Waals surface area contributed by atoms with Gasteiger partial charge in [-0.25, -0.2) is 0 Å². The lowest BCUT2D eigenvalue weighted by atomic mass is 9.83. The number of hydrogen-bond acceptors (Lipinski definition) is 3. The van der Waals surface area contributed by atoms with Crippen LogP contribution in [0.4, 0.5) is 0 Å². The van der Waals surface area contributed by atoms with Gasteiger partial charge in [-0.1, -0.05) is 243 Å². The first-order chi connectivity index (χ1) is 43.3. The zero-order valence-corrected chi connectivity index (χ0v) is 46.5. The summed E-state index contributed by atoms with van der Waals surface area (Å²) in [5, 5.41) is 0. The average molecular weight is 1090 g/mol. The van der Waals surface area contributed by atoms with Crippen molar-refractivity contribution in [2.24, 2.45) is 0 Å². The predicted molar refractivity (Wildman–Crippen MR) is 355 cm³/mol. The second-order valence-electron chi connectivity index (χ2n) is 21.2. The van der Waals surface area contributed by atoms with Gasteiger partial charge in [0.2, 0.25) is 0 Å². The Bertz CT molecular complexity index is 4610. The largest absolute Gasteiger partial charge is 0.256 e. The Hall–Kier alpha value is -11.1. The van der Waals surface area contributed by atoms with Crippen LogP contribution in [0.2, 0.25) is 0 Å². The van der Waals surface area contributed by atoms with Crippen molar-refractivity contribution in [2.75, 3.05) is 0 Å². The Kier molecular flexibility index (Phi) is 13.4. The molecule has 0 fully saturated rings. The first kappa shape index (κ1) is 48.6. The van der Waals surface area contributed by atoms with Gasteiger partial charge in [0, 0.05) is 45.0 Å². The van der Waals surface area contributed by atoms with Gasteiger partial charge in [-0.15, -0.1) is 0 Å². The maximum atomic E-state index is 8.67. The molecule has 0 amide bonds. The summed E-state index contributed by atoms with van der Waals surface area (Å²) in [6.45, 7) is -2.37. The molecule has 3 nitrogen and oxygen atoms in total. The second-order valence-corrected chi connectivity index (χ2v) is 21.2. The summed E-state index contributed by atoms with van der Waals surface area (Å²) in [4.78, 5) is 14.5. The molecule has 0 saturated carbocycles. The molecule has 0 unspecified atom stereocenters. The van der Waals surface area contributed by atoms with Gasteiger partial charge in [-0.05, 0) is 185 Å². The number of pyridine rings is 3.